The third kappa shape index (κ3) is 7.65. The van der Waals surface area contributed by atoms with Crippen molar-refractivity contribution < 1.29 is 54.8 Å². The topological polar surface area (TPSA) is 219 Å². The van der Waals surface area contributed by atoms with Gasteiger partial charge in [0.2, 0.25) is 6.29 Å². The summed E-state index contributed by atoms with van der Waals surface area (Å²) < 4.78 is 12.6. The summed E-state index contributed by atoms with van der Waals surface area (Å²) in [7, 11) is 2.83. The van der Waals surface area contributed by atoms with Crippen LogP contribution in [0.3, 0.4) is 0 Å². The van der Waals surface area contributed by atoms with Gasteiger partial charge in [0.1, 0.15) is 46.7 Å². The maximum atomic E-state index is 16.0. The number of aromatic nitrogens is 1. The van der Waals surface area contributed by atoms with Crippen LogP contribution in [0.5, 0.6) is 5.75 Å². The highest BCUT2D eigenvalue weighted by Gasteiger charge is 2.64. The molecule has 2 aromatic carbocycles. The van der Waals surface area contributed by atoms with Crippen LogP contribution in [0.4, 0.5) is 5.82 Å². The molecule has 10 rings (SSSR count). The number of aliphatic hydroxyl groups excluding tert-OH is 5. The summed E-state index contributed by atoms with van der Waals surface area (Å²) in [4.78, 5) is 36.2. The number of rotatable bonds is 7. The quantitative estimate of drug-likeness (QED) is 0.120. The van der Waals surface area contributed by atoms with Gasteiger partial charge >= 0.3 is 0 Å². The van der Waals surface area contributed by atoms with Crippen LogP contribution < -0.4 is 10.1 Å². The molecule has 13 nitrogen and oxygen atoms in total. The van der Waals surface area contributed by atoms with Gasteiger partial charge in [-0.15, -0.1) is 0 Å². The highest BCUT2D eigenvalue weighted by molar-refractivity contribution is 8.77. The zero-order valence-corrected chi connectivity index (χ0v) is 38.6. The number of carbonyl (C=O) groups excluding carboxylic acids is 2. The zero-order valence-electron chi connectivity index (χ0n) is 36.9. The molecule has 2 saturated carbocycles. The van der Waals surface area contributed by atoms with Crippen LogP contribution in [0.2, 0.25) is 0 Å². The van der Waals surface area contributed by atoms with E-state index in [0.29, 0.717) is 54.9 Å². The lowest BCUT2D eigenvalue weighted by atomic mass is 9.56. The van der Waals surface area contributed by atoms with Crippen LogP contribution in [0.1, 0.15) is 120 Å². The molecule has 1 aromatic heterocycles. The molecular formula is C51H60N2O11S2. The lowest BCUT2D eigenvalue weighted by Crippen LogP contribution is -2.70. The normalized spacial score (nSPS) is 34.9. The Morgan fingerprint density at radius 1 is 0.924 bits per heavy atom. The first kappa shape index (κ1) is 46.0. The number of pyridine rings is 1. The van der Waals surface area contributed by atoms with Gasteiger partial charge < -0.3 is 50.5 Å². The van der Waals surface area contributed by atoms with Gasteiger partial charge in [0, 0.05) is 22.4 Å². The van der Waals surface area contributed by atoms with E-state index in [0.717, 1.165) is 61.6 Å². The van der Waals surface area contributed by atoms with Gasteiger partial charge in [0.15, 0.2) is 11.6 Å². The van der Waals surface area contributed by atoms with E-state index in [-0.39, 0.29) is 48.0 Å². The first-order chi connectivity index (χ1) is 31.8. The Balaban J connectivity index is 1.13. The van der Waals surface area contributed by atoms with Crippen molar-refractivity contribution in [2.45, 2.75) is 143 Å². The Kier molecular flexibility index (Phi) is 12.5. The number of ether oxygens (including phenoxy) is 2. The minimum atomic E-state index is -2.25. The predicted molar refractivity (Wildman–Crippen MR) is 250 cm³/mol. The molecule has 6 bridgehead atoms. The van der Waals surface area contributed by atoms with E-state index in [4.69, 9.17) is 14.5 Å². The molecule has 5 aliphatic carbocycles. The Bertz CT molecular complexity index is 2440. The summed E-state index contributed by atoms with van der Waals surface area (Å²) in [6, 6.07) is 14.0. The first-order valence-corrected chi connectivity index (χ1v) is 26.0. The molecule has 3 aromatic rings. The van der Waals surface area contributed by atoms with Crippen molar-refractivity contribution in [3.05, 3.63) is 112 Å². The number of aliphatic hydroxyl groups is 7. The molecule has 10 atom stereocenters. The Hall–Kier alpha value is -3.77. The number of aryl methyl sites for hydroxylation is 1. The number of benzene rings is 2. The van der Waals surface area contributed by atoms with Gasteiger partial charge in [-0.25, -0.2) is 4.98 Å². The maximum Gasteiger partial charge on any atom is 0.229 e. The standard InChI is InChI=1S/C51H60N2O11S2/c54-25-30-8-4-7-29(19-30)20-31-21-36-43(57)34-10-5-11-37-42(34)45(59)51(36,39(56)22-31)40(14-18-48(61)15-2-1-3-16-48)66-65-28-53-41-23-35-32(24-52-41)12-13-33-9-6-17-49(33,35)27-50(62)44(58)38(26-55)64-47(63-37)46(50)60/h4-5,7-8,10-11,19,21-24,33,36,38,40,44,46-47,54-56,58,60-62H,1-3,6,9,12-18,20,25-28H2,(H,52,53). The molecule has 66 heavy (non-hydrogen) atoms. The predicted octanol–water partition coefficient (Wildman–Crippen LogP) is 6.41. The highest BCUT2D eigenvalue weighted by Crippen LogP contribution is 2.60. The highest BCUT2D eigenvalue weighted by atomic mass is 33.1. The SMILES string of the molecule is O=C1c2cccc3c2C(=O)C2(C(O)=CC(Cc4cccc(CO)c4)=CC12)C(CCC1(O)CCCCC1)SSCNc1cc2c(cn1)CCC1CCCC21CC1(O)C(O)C(CO)OC(O3)C1O. The molecule has 2 aliphatic heterocycles. The number of nitrogens with one attached hydrogen (secondary N) is 1. The van der Waals surface area contributed by atoms with Crippen LogP contribution in [0, 0.1) is 17.3 Å². The number of allylic oxidation sites excluding steroid dienone is 4. The second kappa shape index (κ2) is 18.0. The second-order valence-electron chi connectivity index (χ2n) is 19.9. The number of Topliss-reactive ketones (excluding diaryl/α,β-unsaturated/α-hetero) is 2. The fraction of sp³-hybridized carbons (Fsp3) is 0.549. The molecular weight excluding hydrogens is 881 g/mol. The number of ketones is 2. The summed E-state index contributed by atoms with van der Waals surface area (Å²) in [6.07, 6.45) is 7.47. The van der Waals surface area contributed by atoms with E-state index in [1.54, 1.807) is 24.3 Å². The van der Waals surface area contributed by atoms with Crippen molar-refractivity contribution in [3.8, 4) is 5.75 Å². The fourth-order valence-corrected chi connectivity index (χ4v) is 15.7. The van der Waals surface area contributed by atoms with Crippen LogP contribution in [-0.4, -0.2) is 106 Å². The van der Waals surface area contributed by atoms with Crippen molar-refractivity contribution in [1.82, 2.24) is 4.98 Å². The average Bonchev–Trinajstić information content (AvgIpc) is 3.74. The number of nitrogens with zero attached hydrogens (tertiary/aromatic N) is 1. The third-order valence-corrected chi connectivity index (χ3v) is 18.9. The minimum Gasteiger partial charge on any atom is -0.511 e. The van der Waals surface area contributed by atoms with Gasteiger partial charge in [0.05, 0.1) is 36.2 Å². The monoisotopic (exact) mass is 940 g/mol. The third-order valence-electron chi connectivity index (χ3n) is 16.2. The van der Waals surface area contributed by atoms with Gasteiger partial charge in [-0.05, 0) is 116 Å². The first-order valence-electron chi connectivity index (χ1n) is 23.6. The zero-order chi connectivity index (χ0) is 46.0. The second-order valence-corrected chi connectivity index (χ2v) is 22.5. The van der Waals surface area contributed by atoms with Crippen LogP contribution in [-0.2, 0) is 29.6 Å². The molecule has 10 unspecified atom stereocenters. The van der Waals surface area contributed by atoms with Gasteiger partial charge in [-0.3, -0.25) is 9.59 Å². The molecule has 3 heterocycles. The fourth-order valence-electron chi connectivity index (χ4n) is 12.9. The van der Waals surface area contributed by atoms with Crippen LogP contribution >= 0.6 is 21.6 Å². The average molecular weight is 941 g/mol. The lowest BCUT2D eigenvalue weighted by Gasteiger charge is -2.53. The molecule has 3 fully saturated rings. The van der Waals surface area contributed by atoms with Crippen molar-refractivity contribution in [2.75, 3.05) is 17.8 Å². The van der Waals surface area contributed by atoms with E-state index in [1.165, 1.54) is 27.7 Å². The van der Waals surface area contributed by atoms with Crippen molar-refractivity contribution in [1.29, 1.82) is 0 Å². The Labute approximate surface area is 392 Å². The Morgan fingerprint density at radius 2 is 1.73 bits per heavy atom. The van der Waals surface area contributed by atoms with E-state index in [9.17, 15) is 35.7 Å². The minimum absolute atomic E-state index is 0.0513. The molecule has 0 amide bonds. The smallest absolute Gasteiger partial charge is 0.229 e. The summed E-state index contributed by atoms with van der Waals surface area (Å²) in [6.45, 7) is -0.865. The largest absolute Gasteiger partial charge is 0.511 e. The van der Waals surface area contributed by atoms with Gasteiger partial charge in [-0.1, -0.05) is 89.7 Å². The number of hydrogen-bond donors (Lipinski definition) is 8. The van der Waals surface area contributed by atoms with E-state index >= 15 is 9.59 Å². The summed E-state index contributed by atoms with van der Waals surface area (Å²) >= 11 is 0. The lowest BCUT2D eigenvalue weighted by molar-refractivity contribution is -0.319. The number of hydrogen-bond acceptors (Lipinski definition) is 15. The summed E-state index contributed by atoms with van der Waals surface area (Å²) in [5, 5.41) is 84.9. The number of carbonyl (C=O) groups is 2. The molecule has 2 spiro atoms. The molecule has 15 heteroatoms. The molecule has 352 valence electrons. The van der Waals surface area contributed by atoms with E-state index < -0.39 is 76.0 Å². The maximum absolute atomic E-state index is 16.0. The summed E-state index contributed by atoms with van der Waals surface area (Å²) in [5.41, 5.74) is -1.62. The van der Waals surface area contributed by atoms with Crippen LogP contribution in [0.25, 0.3) is 0 Å². The molecule has 7 aliphatic rings. The van der Waals surface area contributed by atoms with Crippen molar-refractivity contribution >= 4 is 39.0 Å². The Morgan fingerprint density at radius 3 is 2.53 bits per heavy atom. The number of fused-ring (bicyclic) bond motifs is 3. The van der Waals surface area contributed by atoms with Gasteiger partial charge in [-0.2, -0.15) is 0 Å². The van der Waals surface area contributed by atoms with Gasteiger partial charge in [0.25, 0.3) is 0 Å². The molecule has 0 radical (unpaired) electrons. The van der Waals surface area contributed by atoms with E-state index in [1.807, 2.05) is 36.5 Å². The number of anilines is 1. The van der Waals surface area contributed by atoms with Crippen molar-refractivity contribution in [3.63, 3.8) is 0 Å². The summed E-state index contributed by atoms with van der Waals surface area (Å²) in [5.74, 6) is -1.53. The van der Waals surface area contributed by atoms with E-state index in [2.05, 4.69) is 5.32 Å². The van der Waals surface area contributed by atoms with Crippen molar-refractivity contribution in [2.24, 2.45) is 17.3 Å². The molecule has 8 N–H and O–H groups in total. The molecule has 1 saturated heterocycles. The van der Waals surface area contributed by atoms with Crippen LogP contribution in [0.15, 0.2) is 78.2 Å².